The maximum atomic E-state index is 11.7. The van der Waals surface area contributed by atoms with E-state index in [4.69, 9.17) is 5.73 Å². The molecule has 0 aromatic heterocycles. The summed E-state index contributed by atoms with van der Waals surface area (Å²) in [5.41, 5.74) is 6.50. The number of halogens is 1. The third-order valence-corrected chi connectivity index (χ3v) is 3.14. The highest BCUT2D eigenvalue weighted by Gasteiger charge is 2.07. The number of benzene rings is 1. The van der Waals surface area contributed by atoms with E-state index in [1.54, 1.807) is 18.2 Å². The SMILES string of the molecule is CS(=O)(=O)NCCNC(=O)c1cc(N)cc(Br)c1. The minimum absolute atomic E-state index is 0.147. The van der Waals surface area contributed by atoms with Gasteiger partial charge in [-0.3, -0.25) is 4.79 Å². The Balaban J connectivity index is 2.51. The van der Waals surface area contributed by atoms with Gasteiger partial charge in [0, 0.05) is 28.8 Å². The van der Waals surface area contributed by atoms with Crippen molar-refractivity contribution in [2.24, 2.45) is 0 Å². The average molecular weight is 336 g/mol. The molecule has 1 rings (SSSR count). The molecule has 4 N–H and O–H groups in total. The molecule has 8 heteroatoms. The van der Waals surface area contributed by atoms with Crippen molar-refractivity contribution in [3.05, 3.63) is 28.2 Å². The fourth-order valence-electron chi connectivity index (χ4n) is 1.26. The van der Waals surface area contributed by atoms with Crippen molar-refractivity contribution < 1.29 is 13.2 Å². The highest BCUT2D eigenvalue weighted by molar-refractivity contribution is 9.10. The maximum Gasteiger partial charge on any atom is 0.251 e. The van der Waals surface area contributed by atoms with Crippen LogP contribution in [0.15, 0.2) is 22.7 Å². The van der Waals surface area contributed by atoms with Crippen molar-refractivity contribution in [3.63, 3.8) is 0 Å². The Morgan fingerprint density at radius 1 is 1.33 bits per heavy atom. The lowest BCUT2D eigenvalue weighted by Crippen LogP contribution is -2.34. The molecule has 18 heavy (non-hydrogen) atoms. The Morgan fingerprint density at radius 3 is 2.56 bits per heavy atom. The predicted octanol–water partition coefficient (Wildman–Crippen LogP) is 0.310. The minimum atomic E-state index is -3.23. The molecule has 0 heterocycles. The third kappa shape index (κ3) is 5.48. The zero-order valence-electron chi connectivity index (χ0n) is 9.73. The minimum Gasteiger partial charge on any atom is -0.399 e. The Labute approximate surface area is 114 Å². The molecule has 0 aliphatic carbocycles. The first-order valence-corrected chi connectivity index (χ1v) is 7.75. The van der Waals surface area contributed by atoms with Gasteiger partial charge >= 0.3 is 0 Å². The summed E-state index contributed by atoms with van der Waals surface area (Å²) in [4.78, 5) is 11.7. The van der Waals surface area contributed by atoms with Crippen LogP contribution >= 0.6 is 15.9 Å². The van der Waals surface area contributed by atoms with Crippen LogP contribution in [0, 0.1) is 0 Å². The first-order valence-electron chi connectivity index (χ1n) is 5.07. The lowest BCUT2D eigenvalue weighted by molar-refractivity contribution is 0.0954. The van der Waals surface area contributed by atoms with Gasteiger partial charge in [-0.15, -0.1) is 0 Å². The van der Waals surface area contributed by atoms with E-state index in [-0.39, 0.29) is 19.0 Å². The second kappa shape index (κ2) is 6.17. The molecule has 0 saturated heterocycles. The van der Waals surface area contributed by atoms with E-state index in [9.17, 15) is 13.2 Å². The van der Waals surface area contributed by atoms with Gasteiger partial charge in [0.2, 0.25) is 10.0 Å². The number of carbonyl (C=O) groups excluding carboxylic acids is 1. The van der Waals surface area contributed by atoms with E-state index in [0.29, 0.717) is 15.7 Å². The van der Waals surface area contributed by atoms with Crippen LogP contribution in [0.4, 0.5) is 5.69 Å². The number of hydrogen-bond donors (Lipinski definition) is 3. The van der Waals surface area contributed by atoms with Gasteiger partial charge in [0.05, 0.1) is 6.26 Å². The van der Waals surface area contributed by atoms with Crippen LogP contribution in [-0.4, -0.2) is 33.7 Å². The smallest absolute Gasteiger partial charge is 0.251 e. The van der Waals surface area contributed by atoms with Gasteiger partial charge in [-0.05, 0) is 18.2 Å². The van der Waals surface area contributed by atoms with Crippen molar-refractivity contribution in [3.8, 4) is 0 Å². The second-order valence-electron chi connectivity index (χ2n) is 3.70. The van der Waals surface area contributed by atoms with E-state index in [2.05, 4.69) is 26.0 Å². The van der Waals surface area contributed by atoms with E-state index in [1.807, 2.05) is 0 Å². The van der Waals surface area contributed by atoms with Crippen LogP contribution in [0.3, 0.4) is 0 Å². The van der Waals surface area contributed by atoms with Crippen LogP contribution < -0.4 is 15.8 Å². The molecule has 0 aliphatic heterocycles. The highest BCUT2D eigenvalue weighted by Crippen LogP contribution is 2.16. The lowest BCUT2D eigenvalue weighted by atomic mass is 10.2. The second-order valence-corrected chi connectivity index (χ2v) is 6.44. The molecule has 1 aromatic rings. The van der Waals surface area contributed by atoms with E-state index in [0.717, 1.165) is 6.26 Å². The molecule has 6 nitrogen and oxygen atoms in total. The molecule has 0 fully saturated rings. The standard InChI is InChI=1S/C10H14BrN3O3S/c1-18(16,17)14-3-2-13-10(15)7-4-8(11)6-9(12)5-7/h4-6,14H,2-3,12H2,1H3,(H,13,15). The number of carbonyl (C=O) groups is 1. The number of amides is 1. The van der Waals surface area contributed by atoms with E-state index < -0.39 is 10.0 Å². The Hall–Kier alpha value is -1.12. The number of nitrogens with one attached hydrogen (secondary N) is 2. The molecular weight excluding hydrogens is 322 g/mol. The maximum absolute atomic E-state index is 11.7. The molecule has 1 amide bonds. The molecule has 0 spiro atoms. The van der Waals surface area contributed by atoms with Crippen molar-refractivity contribution >= 4 is 37.5 Å². The van der Waals surface area contributed by atoms with Crippen LogP contribution in [0.25, 0.3) is 0 Å². The largest absolute Gasteiger partial charge is 0.399 e. The van der Waals surface area contributed by atoms with Crippen molar-refractivity contribution in [2.75, 3.05) is 25.1 Å². The topological polar surface area (TPSA) is 101 Å². The molecule has 0 atom stereocenters. The van der Waals surface area contributed by atoms with Gasteiger partial charge in [0.25, 0.3) is 5.91 Å². The summed E-state index contributed by atoms with van der Waals surface area (Å²) in [6.07, 6.45) is 1.06. The zero-order chi connectivity index (χ0) is 13.8. The average Bonchev–Trinajstić information content (AvgIpc) is 2.21. The summed E-state index contributed by atoms with van der Waals surface area (Å²) in [6.45, 7) is 0.354. The van der Waals surface area contributed by atoms with Gasteiger partial charge in [-0.25, -0.2) is 13.1 Å². The van der Waals surface area contributed by atoms with Gasteiger partial charge in [0.15, 0.2) is 0 Å². The number of rotatable bonds is 5. The molecule has 0 radical (unpaired) electrons. The molecule has 0 aliphatic rings. The first kappa shape index (κ1) is 14.9. The highest BCUT2D eigenvalue weighted by atomic mass is 79.9. The van der Waals surface area contributed by atoms with Gasteiger partial charge in [-0.2, -0.15) is 0 Å². The molecular formula is C10H14BrN3O3S. The Kier molecular flexibility index (Phi) is 5.12. The normalized spacial score (nSPS) is 11.2. The van der Waals surface area contributed by atoms with Crippen LogP contribution in [0.5, 0.6) is 0 Å². The summed E-state index contributed by atoms with van der Waals surface area (Å²) in [6, 6.07) is 4.86. The molecule has 0 unspecified atom stereocenters. The Bertz CT molecular complexity index is 525. The Morgan fingerprint density at radius 2 is 2.00 bits per heavy atom. The van der Waals surface area contributed by atoms with Crippen LogP contribution in [-0.2, 0) is 10.0 Å². The zero-order valence-corrected chi connectivity index (χ0v) is 12.1. The summed E-state index contributed by atoms with van der Waals surface area (Å²) in [7, 11) is -3.23. The van der Waals surface area contributed by atoms with E-state index >= 15 is 0 Å². The monoisotopic (exact) mass is 335 g/mol. The number of anilines is 1. The van der Waals surface area contributed by atoms with Crippen molar-refractivity contribution in [1.82, 2.24) is 10.0 Å². The van der Waals surface area contributed by atoms with Crippen LogP contribution in [0.2, 0.25) is 0 Å². The summed E-state index contributed by atoms with van der Waals surface area (Å²) < 4.78 is 24.6. The van der Waals surface area contributed by atoms with Gasteiger partial charge in [-0.1, -0.05) is 15.9 Å². The molecule has 0 saturated carbocycles. The number of nitrogens with two attached hydrogens (primary N) is 1. The lowest BCUT2D eigenvalue weighted by Gasteiger charge is -2.07. The molecule has 100 valence electrons. The van der Waals surface area contributed by atoms with E-state index in [1.165, 1.54) is 0 Å². The fourth-order valence-corrected chi connectivity index (χ4v) is 2.24. The molecule has 0 bridgehead atoms. The third-order valence-electron chi connectivity index (χ3n) is 1.96. The van der Waals surface area contributed by atoms with Crippen molar-refractivity contribution in [2.45, 2.75) is 0 Å². The summed E-state index contributed by atoms with van der Waals surface area (Å²) in [5.74, 6) is -0.307. The number of sulfonamides is 1. The van der Waals surface area contributed by atoms with Crippen LogP contribution in [0.1, 0.15) is 10.4 Å². The first-order chi connectivity index (χ1) is 8.28. The quantitative estimate of drug-likeness (QED) is 0.532. The predicted molar refractivity (Wildman–Crippen MR) is 73.7 cm³/mol. The summed E-state index contributed by atoms with van der Waals surface area (Å²) >= 11 is 3.24. The summed E-state index contributed by atoms with van der Waals surface area (Å²) in [5, 5.41) is 2.58. The van der Waals surface area contributed by atoms with Gasteiger partial charge in [0.1, 0.15) is 0 Å². The fraction of sp³-hybridized carbons (Fsp3) is 0.300. The molecule has 1 aromatic carbocycles. The number of nitrogen functional groups attached to an aromatic ring is 1. The number of hydrogen-bond acceptors (Lipinski definition) is 4. The van der Waals surface area contributed by atoms with Crippen molar-refractivity contribution in [1.29, 1.82) is 0 Å². The van der Waals surface area contributed by atoms with Gasteiger partial charge < -0.3 is 11.1 Å².